The molecule has 0 atom stereocenters. The fourth-order valence-electron chi connectivity index (χ4n) is 1.11. The molecule has 0 fully saturated rings. The minimum absolute atomic E-state index is 0.0144. The van der Waals surface area contributed by atoms with Crippen LogP contribution in [0.2, 0.25) is 0 Å². The van der Waals surface area contributed by atoms with Gasteiger partial charge in [0.1, 0.15) is 6.61 Å². The first-order valence-electron chi connectivity index (χ1n) is 5.07. The van der Waals surface area contributed by atoms with Crippen molar-refractivity contribution in [1.29, 1.82) is 0 Å². The van der Waals surface area contributed by atoms with Crippen LogP contribution in [0.15, 0.2) is 23.1 Å². The van der Waals surface area contributed by atoms with Crippen LogP contribution in [0.5, 0.6) is 0 Å². The Morgan fingerprint density at radius 2 is 2.19 bits per heavy atom. The molecule has 0 unspecified atom stereocenters. The van der Waals surface area contributed by atoms with Crippen LogP contribution in [0, 0.1) is 0 Å². The molecule has 0 spiro atoms. The third-order valence-corrected chi connectivity index (χ3v) is 1.92. The van der Waals surface area contributed by atoms with Crippen LogP contribution in [-0.2, 0) is 16.6 Å². The number of hydrogen-bond donors (Lipinski definition) is 1. The maximum absolute atomic E-state index is 11.4. The van der Waals surface area contributed by atoms with Gasteiger partial charge < -0.3 is 14.6 Å². The smallest absolute Gasteiger partial charge is 0.250 e. The summed E-state index contributed by atoms with van der Waals surface area (Å²) in [4.78, 5) is 22.5. The van der Waals surface area contributed by atoms with E-state index in [0.717, 1.165) is 0 Å². The number of pyridine rings is 1. The van der Waals surface area contributed by atoms with E-state index in [1.54, 1.807) is 19.3 Å². The Balaban J connectivity index is 2.56. The van der Waals surface area contributed by atoms with E-state index in [2.05, 4.69) is 5.32 Å². The van der Waals surface area contributed by atoms with E-state index in [9.17, 15) is 9.59 Å². The third kappa shape index (κ3) is 3.86. The van der Waals surface area contributed by atoms with E-state index in [4.69, 9.17) is 4.74 Å². The lowest BCUT2D eigenvalue weighted by Gasteiger charge is -2.08. The average Bonchev–Trinajstić information content (AvgIpc) is 2.21. The molecule has 1 aromatic rings. The van der Waals surface area contributed by atoms with Crippen LogP contribution in [-0.4, -0.2) is 23.2 Å². The molecule has 0 aliphatic heterocycles. The van der Waals surface area contributed by atoms with E-state index in [1.807, 2.05) is 13.8 Å². The second-order valence-corrected chi connectivity index (χ2v) is 3.77. The van der Waals surface area contributed by atoms with Crippen molar-refractivity contribution >= 4 is 11.6 Å². The second kappa shape index (κ2) is 5.46. The van der Waals surface area contributed by atoms with Crippen molar-refractivity contribution in [2.75, 3.05) is 11.9 Å². The van der Waals surface area contributed by atoms with E-state index >= 15 is 0 Å². The van der Waals surface area contributed by atoms with E-state index in [0.29, 0.717) is 5.69 Å². The van der Waals surface area contributed by atoms with Crippen LogP contribution in [0.1, 0.15) is 13.8 Å². The summed E-state index contributed by atoms with van der Waals surface area (Å²) in [5.74, 6) is -0.229. The predicted molar refractivity (Wildman–Crippen MR) is 61.4 cm³/mol. The molecule has 1 N–H and O–H groups in total. The lowest BCUT2D eigenvalue weighted by atomic mass is 10.4. The molecular weight excluding hydrogens is 208 g/mol. The second-order valence-electron chi connectivity index (χ2n) is 3.77. The van der Waals surface area contributed by atoms with Gasteiger partial charge in [0.2, 0.25) is 11.5 Å². The molecule has 1 heterocycles. The van der Waals surface area contributed by atoms with Gasteiger partial charge >= 0.3 is 0 Å². The van der Waals surface area contributed by atoms with Gasteiger partial charge in [0.25, 0.3) is 0 Å². The maximum atomic E-state index is 11.4. The zero-order valence-corrected chi connectivity index (χ0v) is 9.69. The predicted octanol–water partition coefficient (Wildman–Crippen LogP) is 0.749. The van der Waals surface area contributed by atoms with Gasteiger partial charge in [0, 0.05) is 19.3 Å². The quantitative estimate of drug-likeness (QED) is 0.821. The Hall–Kier alpha value is -1.62. The number of amides is 1. The van der Waals surface area contributed by atoms with E-state index < -0.39 is 0 Å². The van der Waals surface area contributed by atoms with Crippen LogP contribution in [0.3, 0.4) is 0 Å². The number of nitrogens with one attached hydrogen (secondary N) is 1. The Morgan fingerprint density at radius 1 is 1.50 bits per heavy atom. The molecule has 16 heavy (non-hydrogen) atoms. The number of aromatic nitrogens is 1. The number of hydrogen-bond acceptors (Lipinski definition) is 3. The number of carbonyl (C=O) groups excluding carboxylic acids is 1. The molecule has 0 radical (unpaired) electrons. The summed E-state index contributed by atoms with van der Waals surface area (Å²) in [5, 5.41) is 2.64. The van der Waals surface area contributed by atoms with Crippen LogP contribution in [0.4, 0.5) is 5.69 Å². The van der Waals surface area contributed by atoms with Crippen molar-refractivity contribution < 1.29 is 9.53 Å². The zero-order valence-electron chi connectivity index (χ0n) is 9.69. The van der Waals surface area contributed by atoms with Gasteiger partial charge in [-0.2, -0.15) is 0 Å². The van der Waals surface area contributed by atoms with Crippen LogP contribution in [0.25, 0.3) is 0 Å². The first-order valence-corrected chi connectivity index (χ1v) is 5.07. The minimum Gasteiger partial charge on any atom is -0.369 e. The van der Waals surface area contributed by atoms with Crippen molar-refractivity contribution in [2.24, 2.45) is 7.05 Å². The largest absolute Gasteiger partial charge is 0.369 e. The summed E-state index contributed by atoms with van der Waals surface area (Å²) in [5.41, 5.74) is 0.468. The Kier molecular flexibility index (Phi) is 4.25. The fourth-order valence-corrected chi connectivity index (χ4v) is 1.11. The highest BCUT2D eigenvalue weighted by atomic mass is 16.5. The Bertz CT molecular complexity index is 423. The van der Waals surface area contributed by atoms with Gasteiger partial charge in [-0.25, -0.2) is 0 Å². The molecule has 0 aromatic carbocycles. The monoisotopic (exact) mass is 224 g/mol. The van der Waals surface area contributed by atoms with Crippen LogP contribution >= 0.6 is 0 Å². The lowest BCUT2D eigenvalue weighted by Crippen LogP contribution is -2.22. The summed E-state index contributed by atoms with van der Waals surface area (Å²) in [7, 11) is 1.63. The molecule has 0 aliphatic carbocycles. The number of ether oxygens (including phenoxy) is 1. The van der Waals surface area contributed by atoms with Gasteiger partial charge in [-0.15, -0.1) is 0 Å². The number of nitrogens with zero attached hydrogens (tertiary/aromatic N) is 1. The number of aryl methyl sites for hydroxylation is 1. The molecule has 0 saturated carbocycles. The summed E-state index contributed by atoms with van der Waals surface area (Å²) in [6.45, 7) is 3.74. The number of anilines is 1. The summed E-state index contributed by atoms with van der Waals surface area (Å²) >= 11 is 0. The first kappa shape index (κ1) is 12.4. The first-order chi connectivity index (χ1) is 7.49. The van der Waals surface area contributed by atoms with Crippen molar-refractivity contribution in [2.45, 2.75) is 20.0 Å². The van der Waals surface area contributed by atoms with Gasteiger partial charge in [0.15, 0.2) is 0 Å². The van der Waals surface area contributed by atoms with Gasteiger partial charge in [-0.3, -0.25) is 9.59 Å². The molecule has 1 aromatic heterocycles. The topological polar surface area (TPSA) is 60.3 Å². The minimum atomic E-state index is -0.229. The normalized spacial score (nSPS) is 10.5. The van der Waals surface area contributed by atoms with Crippen molar-refractivity contribution in [1.82, 2.24) is 4.57 Å². The SMILES string of the molecule is CC(C)OCC(=O)Nc1ccc(=O)n(C)c1. The van der Waals surface area contributed by atoms with E-state index in [-0.39, 0.29) is 24.2 Å². The molecule has 0 bridgehead atoms. The fraction of sp³-hybridized carbons (Fsp3) is 0.455. The van der Waals surface area contributed by atoms with Gasteiger partial charge in [-0.05, 0) is 19.9 Å². The Labute approximate surface area is 94.0 Å². The zero-order chi connectivity index (χ0) is 12.1. The van der Waals surface area contributed by atoms with E-state index in [1.165, 1.54) is 10.6 Å². The highest BCUT2D eigenvalue weighted by Crippen LogP contribution is 2.02. The molecule has 0 saturated heterocycles. The molecular formula is C11H16N2O3. The highest BCUT2D eigenvalue weighted by Gasteiger charge is 2.04. The van der Waals surface area contributed by atoms with Crippen molar-refractivity contribution in [3.05, 3.63) is 28.7 Å². The molecule has 1 rings (SSSR count). The summed E-state index contributed by atoms with van der Waals surface area (Å²) < 4.78 is 6.55. The third-order valence-electron chi connectivity index (χ3n) is 1.92. The highest BCUT2D eigenvalue weighted by molar-refractivity contribution is 5.91. The van der Waals surface area contributed by atoms with Gasteiger partial charge in [-0.1, -0.05) is 0 Å². The lowest BCUT2D eigenvalue weighted by molar-refractivity contribution is -0.121. The average molecular weight is 224 g/mol. The molecule has 88 valence electrons. The standard InChI is InChI=1S/C11H16N2O3/c1-8(2)16-7-10(14)12-9-4-5-11(15)13(3)6-9/h4-6,8H,7H2,1-3H3,(H,12,14). The van der Waals surface area contributed by atoms with Crippen molar-refractivity contribution in [3.63, 3.8) is 0 Å². The number of carbonyl (C=O) groups is 1. The number of rotatable bonds is 4. The Morgan fingerprint density at radius 3 is 2.75 bits per heavy atom. The van der Waals surface area contributed by atoms with Crippen LogP contribution < -0.4 is 10.9 Å². The molecule has 0 aliphatic rings. The summed E-state index contributed by atoms with van der Waals surface area (Å²) in [6.07, 6.45) is 1.58. The molecule has 5 heteroatoms. The molecule has 1 amide bonds. The maximum Gasteiger partial charge on any atom is 0.250 e. The van der Waals surface area contributed by atoms with Gasteiger partial charge in [0.05, 0.1) is 11.8 Å². The van der Waals surface area contributed by atoms with Crippen molar-refractivity contribution in [3.8, 4) is 0 Å². The molecule has 5 nitrogen and oxygen atoms in total. The summed E-state index contributed by atoms with van der Waals surface area (Å²) in [6, 6.07) is 2.97.